The van der Waals surface area contributed by atoms with Crippen LogP contribution in [-0.4, -0.2) is 22.6 Å². The van der Waals surface area contributed by atoms with Gasteiger partial charge in [0.25, 0.3) is 0 Å². The van der Waals surface area contributed by atoms with Crippen LogP contribution in [0.5, 0.6) is 0 Å². The number of hydrogen-bond donors (Lipinski definition) is 0. The van der Waals surface area contributed by atoms with E-state index in [9.17, 15) is 0 Å². The quantitative estimate of drug-likeness (QED) is 0.210. The van der Waals surface area contributed by atoms with E-state index in [1.807, 2.05) is 0 Å². The molecular weight excluding hydrogens is 622 g/mol. The van der Waals surface area contributed by atoms with Crippen molar-refractivity contribution in [2.45, 2.75) is 153 Å². The Balaban J connectivity index is 1.19. The van der Waals surface area contributed by atoms with Gasteiger partial charge in [-0.3, -0.25) is 0 Å². The summed E-state index contributed by atoms with van der Waals surface area (Å²) in [5.41, 5.74) is 4.01. The summed E-state index contributed by atoms with van der Waals surface area (Å²) in [6, 6.07) is 19.3. The van der Waals surface area contributed by atoms with E-state index in [1.54, 1.807) is 34.1 Å². The summed E-state index contributed by atoms with van der Waals surface area (Å²) in [6.45, 7) is 33.3. The number of fused-ring (bicyclic) bond motifs is 10. The molecule has 12 rings (SSSR count). The van der Waals surface area contributed by atoms with Gasteiger partial charge >= 0.3 is 269 Å². The zero-order valence-electron chi connectivity index (χ0n) is 30.7. The van der Waals surface area contributed by atoms with Crippen molar-refractivity contribution in [3.05, 3.63) is 59.7 Å². The summed E-state index contributed by atoms with van der Waals surface area (Å²) in [7, 11) is -0.508. The molecule has 2 aromatic rings. The molecule has 0 saturated carbocycles. The van der Waals surface area contributed by atoms with Gasteiger partial charge in [-0.2, -0.15) is 0 Å². The number of hydrogen-bond acceptors (Lipinski definition) is 0. The molecule has 2 aromatic carbocycles. The molecule has 10 fully saturated rings. The van der Waals surface area contributed by atoms with Crippen LogP contribution in [-0.2, 0) is 6.51 Å². The van der Waals surface area contributed by atoms with Gasteiger partial charge in [0.15, 0.2) is 0 Å². The van der Waals surface area contributed by atoms with Gasteiger partial charge in [-0.15, -0.1) is 0 Å². The zero-order chi connectivity index (χ0) is 32.3. The van der Waals surface area contributed by atoms with Crippen LogP contribution >= 0.6 is 15.8 Å². The first-order valence-electron chi connectivity index (χ1n) is 18.3. The van der Waals surface area contributed by atoms with Crippen LogP contribution in [0.2, 0.25) is 46.2 Å². The molecular formula is C42H60FeP2. The summed E-state index contributed by atoms with van der Waals surface area (Å²) in [6.07, 6.45) is 3.22. The number of rotatable bonds is 6. The Bertz CT molecular complexity index is 2140. The summed E-state index contributed by atoms with van der Waals surface area (Å²) in [5.74, 6) is 0. The van der Waals surface area contributed by atoms with Crippen molar-refractivity contribution in [1.82, 2.24) is 0 Å². The average Bonchev–Trinajstić information content (AvgIpc) is 3.84. The van der Waals surface area contributed by atoms with E-state index in [0.717, 1.165) is 17.3 Å². The fourth-order valence-corrected chi connectivity index (χ4v) is 127. The molecule has 45 heavy (non-hydrogen) atoms. The van der Waals surface area contributed by atoms with Crippen molar-refractivity contribution in [2.75, 3.05) is 12.3 Å². The maximum absolute atomic E-state index is 4.31. The fourth-order valence-electron chi connectivity index (χ4n) is 27.6. The summed E-state index contributed by atoms with van der Waals surface area (Å²) in [4.78, 5) is 7.52. The Morgan fingerprint density at radius 3 is 1.36 bits per heavy atom. The Morgan fingerprint density at radius 2 is 1.02 bits per heavy atom. The third-order valence-electron chi connectivity index (χ3n) is 23.1. The van der Waals surface area contributed by atoms with Crippen molar-refractivity contribution in [3.8, 4) is 0 Å². The van der Waals surface area contributed by atoms with Gasteiger partial charge in [0.1, 0.15) is 0 Å². The molecule has 1 spiro atoms. The molecule has 0 bridgehead atoms. The Kier molecular flexibility index (Phi) is 2.56. The van der Waals surface area contributed by atoms with Crippen LogP contribution in [0.1, 0.15) is 94.2 Å². The van der Waals surface area contributed by atoms with Gasteiger partial charge in [0.05, 0.1) is 0 Å². The van der Waals surface area contributed by atoms with E-state index in [4.69, 9.17) is 0 Å². The molecule has 0 nitrogen and oxygen atoms in total. The Labute approximate surface area is 267 Å². The number of benzene rings is 2. The first kappa shape index (κ1) is 27.6. The van der Waals surface area contributed by atoms with Crippen molar-refractivity contribution >= 4 is 26.5 Å². The van der Waals surface area contributed by atoms with Crippen LogP contribution in [0, 0.1) is 24.7 Å². The third kappa shape index (κ3) is 0.726. The SMILES string of the molecule is Cc1ccccc1P(C[C]12[CH]3[C]4(C(C)(C)C)[C]5(C(C)(C)C)[C]1(CP(C(C)(C)C)C(C)(C)C)[Fe]32451678[CH]2[CH]1[CH]6[CH]7[CH]28)c1ccccc1C. The minimum atomic E-state index is -4.31. The van der Waals surface area contributed by atoms with Crippen LogP contribution in [0.3, 0.4) is 0 Å². The Hall–Kier alpha value is -0.181. The normalized spacial score (nSPS) is 59.2. The van der Waals surface area contributed by atoms with Crippen LogP contribution in [0.4, 0.5) is 0 Å². The molecule has 0 aromatic heterocycles. The molecule has 10 aliphatic heterocycles. The average molecular weight is 683 g/mol. The van der Waals surface area contributed by atoms with Crippen molar-refractivity contribution in [1.29, 1.82) is 0 Å². The molecule has 5 atom stereocenters. The Morgan fingerprint density at radius 1 is 0.600 bits per heavy atom. The monoisotopic (exact) mass is 682 g/mol. The molecule has 10 heterocycles. The molecule has 3 heteroatoms. The predicted octanol–water partition coefficient (Wildman–Crippen LogP) is 12.8. The van der Waals surface area contributed by atoms with Crippen LogP contribution in [0.15, 0.2) is 48.5 Å². The standard InChI is InChI=1S/C37H55P2.C5H5.Fe/c1-26-19-15-17-21-31(26)38(32-22-18-16-20-27(32)2)24-28-23-30(34(3,4)5)33(35(6,7)8)29(28)25-39(36(9,10)11)37(12,13)14;1-2-4-5-3-1;/h15-23H,24-25H2,1-14H3;1-5H;. The molecule has 10 saturated heterocycles. The summed E-state index contributed by atoms with van der Waals surface area (Å²) >= 11 is 0. The van der Waals surface area contributed by atoms with Crippen molar-refractivity contribution in [3.63, 3.8) is 0 Å². The second-order valence-electron chi connectivity index (χ2n) is 23.8. The fraction of sp³-hybridized carbons (Fsp3) is 0.714. The second kappa shape index (κ2) is 4.17. The van der Waals surface area contributed by atoms with Crippen molar-refractivity contribution in [2.24, 2.45) is 10.8 Å². The molecule has 246 valence electrons. The van der Waals surface area contributed by atoms with E-state index in [1.165, 1.54) is 28.9 Å². The van der Waals surface area contributed by atoms with Crippen LogP contribution < -0.4 is 10.6 Å². The molecule has 5 unspecified atom stereocenters. The van der Waals surface area contributed by atoms with Gasteiger partial charge < -0.3 is 0 Å². The second-order valence-corrected chi connectivity index (χ2v) is 52.5. The molecule has 0 amide bonds. The first-order valence-corrected chi connectivity index (χ1v) is 27.4. The van der Waals surface area contributed by atoms with E-state index < -0.39 is 6.51 Å². The molecule has 0 N–H and O–H groups in total. The molecule has 10 aliphatic rings. The topological polar surface area (TPSA) is 0 Å². The molecule has 0 aliphatic carbocycles. The van der Waals surface area contributed by atoms with Crippen LogP contribution in [0.25, 0.3) is 0 Å². The molecule has 0 radical (unpaired) electrons. The summed E-state index contributed by atoms with van der Waals surface area (Å²) in [5, 5.41) is 4.24. The minimum absolute atomic E-state index is 0.122. The predicted molar refractivity (Wildman–Crippen MR) is 197 cm³/mol. The van der Waals surface area contributed by atoms with E-state index in [-0.39, 0.29) is 15.8 Å². The third-order valence-corrected chi connectivity index (χ3v) is 76.5. The van der Waals surface area contributed by atoms with Gasteiger partial charge in [0.2, 0.25) is 0 Å². The van der Waals surface area contributed by atoms with Gasteiger partial charge in [-0.05, 0) is 0 Å². The van der Waals surface area contributed by atoms with Gasteiger partial charge in [0, 0.05) is 0 Å². The summed E-state index contributed by atoms with van der Waals surface area (Å²) < 4.78 is 3.00. The maximum atomic E-state index is 2.82. The van der Waals surface area contributed by atoms with Gasteiger partial charge in [-0.1, -0.05) is 0 Å². The van der Waals surface area contributed by atoms with Crippen molar-refractivity contribution < 1.29 is 6.51 Å². The zero-order valence-corrected chi connectivity index (χ0v) is 33.6. The van der Waals surface area contributed by atoms with E-state index >= 15 is 0 Å². The van der Waals surface area contributed by atoms with E-state index in [2.05, 4.69) is 145 Å². The van der Waals surface area contributed by atoms with E-state index in [0.29, 0.717) is 21.1 Å². The van der Waals surface area contributed by atoms with Gasteiger partial charge in [-0.25, -0.2) is 0 Å². The first-order chi connectivity index (χ1) is 20.4. The number of aryl methyl sites for hydroxylation is 2.